The number of carboxylic acid groups (broad SMARTS) is 1. The van der Waals surface area contributed by atoms with E-state index in [4.69, 9.17) is 25.3 Å². The fourth-order valence-electron chi connectivity index (χ4n) is 4.45. The zero-order valence-corrected chi connectivity index (χ0v) is 21.7. The molecule has 2 aliphatic heterocycles. The van der Waals surface area contributed by atoms with Crippen LogP contribution in [0.3, 0.4) is 0 Å². The third-order valence-corrected chi connectivity index (χ3v) is 7.65. The van der Waals surface area contributed by atoms with E-state index in [-0.39, 0.29) is 0 Å². The molecule has 1 aromatic rings. The van der Waals surface area contributed by atoms with Crippen LogP contribution in [0.4, 0.5) is 0 Å². The topological polar surface area (TPSA) is 264 Å². The highest BCUT2D eigenvalue weighted by atomic mass is 32.2. The average molecular weight is 571 g/mol. The van der Waals surface area contributed by atoms with Gasteiger partial charge in [0, 0.05) is 21.1 Å². The quantitative estimate of drug-likeness (QED) is 0.129. The fraction of sp³-hybridized carbons (Fsp3) is 0.682. The number of aliphatic hydroxyl groups excluding tert-OH is 5. The number of aliphatic hydroxyl groups is 5. The van der Waals surface area contributed by atoms with E-state index in [9.17, 15) is 35.4 Å². The van der Waals surface area contributed by atoms with Crippen LogP contribution >= 0.6 is 11.8 Å². The maximum atomic E-state index is 12.5. The lowest BCUT2D eigenvalue weighted by atomic mass is 9.88. The Morgan fingerprint density at radius 1 is 1.23 bits per heavy atom. The molecule has 39 heavy (non-hydrogen) atoms. The molecular weight excluding hydrogens is 540 g/mol. The van der Waals surface area contributed by atoms with Crippen molar-refractivity contribution in [3.63, 3.8) is 0 Å². The van der Waals surface area contributed by atoms with Gasteiger partial charge in [-0.15, -0.1) is 0 Å². The van der Waals surface area contributed by atoms with Gasteiger partial charge in [0.05, 0.1) is 37.0 Å². The maximum absolute atomic E-state index is 12.5. The van der Waals surface area contributed by atoms with E-state index in [1.165, 1.54) is 6.92 Å². The summed E-state index contributed by atoms with van der Waals surface area (Å²) >= 11 is 1.04. The van der Waals surface area contributed by atoms with Crippen LogP contribution in [-0.2, 0) is 19.0 Å². The van der Waals surface area contributed by atoms with E-state index in [1.54, 1.807) is 12.1 Å². The number of azide groups is 2. The average Bonchev–Trinajstić information content (AvgIpc) is 2.89. The van der Waals surface area contributed by atoms with Crippen molar-refractivity contribution in [2.75, 3.05) is 6.61 Å². The molecule has 3 unspecified atom stereocenters. The van der Waals surface area contributed by atoms with E-state index >= 15 is 0 Å². The van der Waals surface area contributed by atoms with Gasteiger partial charge in [-0.25, -0.2) is 4.79 Å². The Morgan fingerprint density at radius 3 is 2.44 bits per heavy atom. The standard InChI is InChI=1S/C22H30N6O10S/c1-9-3-5-11(6-4-9)39-20-17(33)19(16(32)13(8-29)36-20)38-22(21(34)35)7-12(31)15(26-28-24)18(37-22)14(10(2)30)25-27-23/h3-6,10,12-20,29-33H,7-8H2,1-2H3,(H,34,35)/t10-,12-,13?,14-,15-,16+,17?,18?,19+,20+,22+/m1/s1. The van der Waals surface area contributed by atoms with Crippen LogP contribution in [-0.4, -0.2) is 109 Å². The lowest BCUT2D eigenvalue weighted by Gasteiger charge is -2.49. The number of aryl methyl sites for hydroxylation is 1. The molecule has 17 heteroatoms. The second-order valence-electron chi connectivity index (χ2n) is 9.26. The number of carboxylic acids is 1. The van der Waals surface area contributed by atoms with Crippen LogP contribution < -0.4 is 0 Å². The van der Waals surface area contributed by atoms with Crippen molar-refractivity contribution >= 4 is 17.7 Å². The summed E-state index contributed by atoms with van der Waals surface area (Å²) in [6.07, 6.45) is -12.1. The number of rotatable bonds is 10. The van der Waals surface area contributed by atoms with Crippen LogP contribution in [0.25, 0.3) is 20.9 Å². The summed E-state index contributed by atoms with van der Waals surface area (Å²) in [4.78, 5) is 18.4. The van der Waals surface area contributed by atoms with Crippen molar-refractivity contribution in [2.24, 2.45) is 10.2 Å². The fourth-order valence-corrected chi connectivity index (χ4v) is 5.50. The second kappa shape index (κ2) is 13.1. The first-order chi connectivity index (χ1) is 18.5. The smallest absolute Gasteiger partial charge is 0.364 e. The third kappa shape index (κ3) is 6.74. The Balaban J connectivity index is 1.98. The van der Waals surface area contributed by atoms with E-state index in [0.717, 1.165) is 17.3 Å². The highest BCUT2D eigenvalue weighted by Crippen LogP contribution is 2.41. The molecule has 0 amide bonds. The molecule has 2 heterocycles. The molecule has 0 bridgehead atoms. The lowest BCUT2D eigenvalue weighted by molar-refractivity contribution is -0.341. The Hall–Kier alpha value is -2.66. The van der Waals surface area contributed by atoms with Gasteiger partial charge in [-0.2, -0.15) is 0 Å². The Bertz CT molecular complexity index is 1080. The minimum atomic E-state index is -2.77. The molecule has 6 N–H and O–H groups in total. The van der Waals surface area contributed by atoms with Crippen LogP contribution in [0.5, 0.6) is 0 Å². The molecule has 0 aliphatic carbocycles. The van der Waals surface area contributed by atoms with E-state index in [0.29, 0.717) is 4.90 Å². The van der Waals surface area contributed by atoms with Gasteiger partial charge in [-0.05, 0) is 37.0 Å². The van der Waals surface area contributed by atoms with Crippen LogP contribution in [0, 0.1) is 6.92 Å². The maximum Gasteiger partial charge on any atom is 0.364 e. The van der Waals surface area contributed by atoms with E-state index in [2.05, 4.69) is 20.1 Å². The molecule has 0 aromatic heterocycles. The highest BCUT2D eigenvalue weighted by molar-refractivity contribution is 7.99. The Morgan fingerprint density at radius 2 is 1.90 bits per heavy atom. The van der Waals surface area contributed by atoms with Crippen molar-refractivity contribution in [1.29, 1.82) is 0 Å². The molecule has 16 nitrogen and oxygen atoms in total. The summed E-state index contributed by atoms with van der Waals surface area (Å²) in [7, 11) is 0. The number of hydrogen-bond donors (Lipinski definition) is 6. The van der Waals surface area contributed by atoms with Crippen molar-refractivity contribution in [3.8, 4) is 0 Å². The van der Waals surface area contributed by atoms with Crippen LogP contribution in [0.15, 0.2) is 39.4 Å². The van der Waals surface area contributed by atoms with Crippen LogP contribution in [0.1, 0.15) is 18.9 Å². The minimum Gasteiger partial charge on any atom is -0.477 e. The first-order valence-electron chi connectivity index (χ1n) is 11.9. The van der Waals surface area contributed by atoms with Gasteiger partial charge in [-0.1, -0.05) is 39.7 Å². The number of hydrogen-bond acceptors (Lipinski definition) is 12. The summed E-state index contributed by atoms with van der Waals surface area (Å²) in [6, 6.07) is 4.15. The van der Waals surface area contributed by atoms with E-state index < -0.39 is 85.0 Å². The van der Waals surface area contributed by atoms with Gasteiger partial charge in [0.1, 0.15) is 29.9 Å². The minimum absolute atomic E-state index is 0.667. The van der Waals surface area contributed by atoms with Gasteiger partial charge in [0.15, 0.2) is 0 Å². The summed E-state index contributed by atoms with van der Waals surface area (Å²) < 4.78 is 17.1. The number of carbonyl (C=O) groups is 1. The van der Waals surface area contributed by atoms with Gasteiger partial charge >= 0.3 is 5.97 Å². The molecule has 0 radical (unpaired) electrons. The number of nitrogens with zero attached hydrogens (tertiary/aromatic N) is 6. The monoisotopic (exact) mass is 570 g/mol. The summed E-state index contributed by atoms with van der Waals surface area (Å²) in [5, 5.41) is 69.7. The zero-order chi connectivity index (χ0) is 28.9. The molecule has 3 rings (SSSR count). The molecule has 2 fully saturated rings. The molecule has 11 atom stereocenters. The zero-order valence-electron chi connectivity index (χ0n) is 20.9. The van der Waals surface area contributed by atoms with Gasteiger partial charge in [0.2, 0.25) is 0 Å². The lowest BCUT2D eigenvalue weighted by Crippen LogP contribution is -2.67. The van der Waals surface area contributed by atoms with Gasteiger partial charge in [0.25, 0.3) is 5.79 Å². The van der Waals surface area contributed by atoms with Gasteiger partial charge < -0.3 is 44.8 Å². The molecule has 2 saturated heterocycles. The van der Waals surface area contributed by atoms with E-state index in [1.807, 2.05) is 19.1 Å². The number of aliphatic carboxylic acids is 1. The molecule has 0 spiro atoms. The first kappa shape index (κ1) is 30.9. The molecule has 0 saturated carbocycles. The normalized spacial score (nSPS) is 36.2. The van der Waals surface area contributed by atoms with Gasteiger partial charge in [-0.3, -0.25) is 0 Å². The van der Waals surface area contributed by atoms with Crippen molar-refractivity contribution in [3.05, 3.63) is 50.7 Å². The Labute approximate surface area is 226 Å². The second-order valence-corrected chi connectivity index (χ2v) is 10.4. The third-order valence-electron chi connectivity index (χ3n) is 6.48. The summed E-state index contributed by atoms with van der Waals surface area (Å²) in [5.41, 5.74) is 17.8. The highest BCUT2D eigenvalue weighted by Gasteiger charge is 2.58. The Kier molecular flexibility index (Phi) is 10.4. The summed E-state index contributed by atoms with van der Waals surface area (Å²) in [6.45, 7) is 2.39. The van der Waals surface area contributed by atoms with Crippen LogP contribution in [0.2, 0.25) is 0 Å². The van der Waals surface area contributed by atoms with Crippen molar-refractivity contribution < 1.29 is 49.6 Å². The van der Waals surface area contributed by atoms with Crippen molar-refractivity contribution in [1.82, 2.24) is 0 Å². The SMILES string of the molecule is Cc1ccc(S[C@@H]2OC(CO)[C@H](O)[C@H](O[C@]3(C(=O)O)C[C@@H](O)[C@@H](N=[N+]=[N-])C([C@H](N=[N+]=[N-])[C@@H](C)O)O3)C2O)cc1. The van der Waals surface area contributed by atoms with Crippen molar-refractivity contribution in [2.45, 2.75) is 91.2 Å². The number of benzene rings is 1. The molecule has 2 aliphatic rings. The molecule has 1 aromatic carbocycles. The number of thioether (sulfide) groups is 1. The largest absolute Gasteiger partial charge is 0.477 e. The number of ether oxygens (including phenoxy) is 3. The molecular formula is C22H30N6O10S. The predicted octanol–water partition coefficient (Wildman–Crippen LogP) is 0.581. The predicted molar refractivity (Wildman–Crippen MR) is 133 cm³/mol. The summed E-state index contributed by atoms with van der Waals surface area (Å²) in [5.74, 6) is -4.56. The molecule has 214 valence electrons. The first-order valence-corrected chi connectivity index (χ1v) is 12.7.